The summed E-state index contributed by atoms with van der Waals surface area (Å²) in [5.74, 6) is 0.153. The third-order valence-corrected chi connectivity index (χ3v) is 4.33. The van der Waals surface area contributed by atoms with Crippen molar-refractivity contribution >= 4 is 23.0 Å². The lowest BCUT2D eigenvalue weighted by Crippen LogP contribution is -2.24. The number of nitrogens with zero attached hydrogens (tertiary/aromatic N) is 3. The number of pyridine rings is 1. The Morgan fingerprint density at radius 1 is 1.29 bits per heavy atom. The lowest BCUT2D eigenvalue weighted by Gasteiger charge is -2.22. The van der Waals surface area contributed by atoms with Crippen molar-refractivity contribution in [3.05, 3.63) is 47.8 Å². The van der Waals surface area contributed by atoms with Crippen molar-refractivity contribution < 1.29 is 4.79 Å². The summed E-state index contributed by atoms with van der Waals surface area (Å²) in [7, 11) is 3.89. The molecule has 2 aliphatic heterocycles. The Morgan fingerprint density at radius 2 is 2.14 bits per heavy atom. The van der Waals surface area contributed by atoms with Gasteiger partial charge in [-0.3, -0.25) is 9.78 Å². The molecule has 1 amide bonds. The van der Waals surface area contributed by atoms with Crippen molar-refractivity contribution in [1.29, 1.82) is 0 Å². The lowest BCUT2D eigenvalue weighted by atomic mass is 10.1. The van der Waals surface area contributed by atoms with Gasteiger partial charge in [-0.1, -0.05) is 6.07 Å². The Balaban J connectivity index is 1.75. The monoisotopic (exact) mass is 280 g/mol. The minimum absolute atomic E-state index is 0.0808. The minimum Gasteiger partial charge on any atom is -0.360 e. The Kier molecular flexibility index (Phi) is 2.45. The maximum Gasteiger partial charge on any atom is 0.231 e. The van der Waals surface area contributed by atoms with Gasteiger partial charge < -0.3 is 15.1 Å². The van der Waals surface area contributed by atoms with E-state index in [1.54, 1.807) is 11.1 Å². The summed E-state index contributed by atoms with van der Waals surface area (Å²) in [5, 5.41) is 3.52. The molecule has 0 radical (unpaired) electrons. The number of carbonyl (C=O) groups is 1. The van der Waals surface area contributed by atoms with E-state index in [0.717, 1.165) is 28.2 Å². The van der Waals surface area contributed by atoms with Gasteiger partial charge in [0.25, 0.3) is 0 Å². The molecular formula is C16H16N4O. The topological polar surface area (TPSA) is 48.5 Å². The van der Waals surface area contributed by atoms with Crippen LogP contribution in [0.3, 0.4) is 0 Å². The molecule has 0 fully saturated rings. The lowest BCUT2D eigenvalue weighted by molar-refractivity contribution is -0.117. The molecule has 1 atom stereocenters. The smallest absolute Gasteiger partial charge is 0.231 e. The molecule has 0 spiro atoms. The number of aromatic nitrogens is 1. The molecule has 0 saturated heterocycles. The average molecular weight is 280 g/mol. The van der Waals surface area contributed by atoms with Crippen LogP contribution < -0.4 is 15.1 Å². The van der Waals surface area contributed by atoms with Crippen molar-refractivity contribution in [2.24, 2.45) is 0 Å². The number of rotatable bonds is 1. The Morgan fingerprint density at radius 3 is 2.90 bits per heavy atom. The highest BCUT2D eigenvalue weighted by Crippen LogP contribution is 2.44. The largest absolute Gasteiger partial charge is 0.360 e. The Labute approximate surface area is 123 Å². The van der Waals surface area contributed by atoms with Crippen LogP contribution in [0.4, 0.5) is 17.1 Å². The van der Waals surface area contributed by atoms with E-state index in [9.17, 15) is 4.79 Å². The van der Waals surface area contributed by atoms with Crippen molar-refractivity contribution in [2.75, 3.05) is 29.2 Å². The molecular weight excluding hydrogens is 264 g/mol. The first-order chi connectivity index (χ1) is 10.1. The van der Waals surface area contributed by atoms with Crippen molar-refractivity contribution in [2.45, 2.75) is 12.6 Å². The second-order valence-electron chi connectivity index (χ2n) is 5.57. The van der Waals surface area contributed by atoms with Gasteiger partial charge in [0.2, 0.25) is 5.91 Å². The van der Waals surface area contributed by atoms with Gasteiger partial charge in [0.1, 0.15) is 6.17 Å². The zero-order valence-corrected chi connectivity index (χ0v) is 12.0. The highest BCUT2D eigenvalue weighted by atomic mass is 16.2. The van der Waals surface area contributed by atoms with E-state index in [1.807, 2.05) is 19.3 Å². The van der Waals surface area contributed by atoms with Crippen LogP contribution in [-0.4, -0.2) is 25.0 Å². The first-order valence-corrected chi connectivity index (χ1v) is 6.98. The van der Waals surface area contributed by atoms with E-state index >= 15 is 0 Å². The quantitative estimate of drug-likeness (QED) is 0.869. The standard InChI is InChI=1S/C16H16N4O/c1-19-13-8-14-12(6-11(13)7-15(19)21)18-16(20(14)2)10-4-3-5-17-9-10/h3-6,8-9,16,18H,7H2,1-2H3. The third kappa shape index (κ3) is 1.70. The van der Waals surface area contributed by atoms with Crippen LogP contribution >= 0.6 is 0 Å². The summed E-state index contributed by atoms with van der Waals surface area (Å²) in [6, 6.07) is 8.20. The maximum absolute atomic E-state index is 11.8. The summed E-state index contributed by atoms with van der Waals surface area (Å²) >= 11 is 0. The van der Waals surface area contributed by atoms with Crippen LogP contribution in [0, 0.1) is 0 Å². The summed E-state index contributed by atoms with van der Waals surface area (Å²) < 4.78 is 0. The van der Waals surface area contributed by atoms with Crippen LogP contribution in [-0.2, 0) is 11.2 Å². The van der Waals surface area contributed by atoms with Gasteiger partial charge in [-0.15, -0.1) is 0 Å². The molecule has 1 aromatic carbocycles. The predicted molar refractivity (Wildman–Crippen MR) is 82.6 cm³/mol. The molecule has 5 nitrogen and oxygen atoms in total. The highest BCUT2D eigenvalue weighted by Gasteiger charge is 2.32. The summed E-state index contributed by atoms with van der Waals surface area (Å²) in [4.78, 5) is 19.9. The molecule has 4 rings (SSSR count). The van der Waals surface area contributed by atoms with Crippen molar-refractivity contribution in [3.63, 3.8) is 0 Å². The molecule has 1 aromatic heterocycles. The van der Waals surface area contributed by atoms with E-state index in [0.29, 0.717) is 6.42 Å². The van der Waals surface area contributed by atoms with Crippen LogP contribution in [0.2, 0.25) is 0 Å². The zero-order valence-electron chi connectivity index (χ0n) is 12.0. The van der Waals surface area contributed by atoms with E-state index in [-0.39, 0.29) is 12.1 Å². The Hall–Kier alpha value is -2.56. The van der Waals surface area contributed by atoms with Gasteiger partial charge >= 0.3 is 0 Å². The third-order valence-electron chi connectivity index (χ3n) is 4.33. The van der Waals surface area contributed by atoms with E-state index in [1.165, 1.54) is 0 Å². The van der Waals surface area contributed by atoms with Gasteiger partial charge in [0.05, 0.1) is 17.8 Å². The number of anilines is 3. The molecule has 0 bridgehead atoms. The number of amides is 1. The molecule has 0 saturated carbocycles. The second kappa shape index (κ2) is 4.22. The van der Waals surface area contributed by atoms with Gasteiger partial charge in [-0.25, -0.2) is 0 Å². The molecule has 106 valence electrons. The van der Waals surface area contributed by atoms with Crippen molar-refractivity contribution in [1.82, 2.24) is 4.98 Å². The fourth-order valence-corrected chi connectivity index (χ4v) is 3.13. The van der Waals surface area contributed by atoms with Crippen LogP contribution in [0.15, 0.2) is 36.7 Å². The average Bonchev–Trinajstić information content (AvgIpc) is 2.96. The highest BCUT2D eigenvalue weighted by molar-refractivity contribution is 6.03. The molecule has 1 N–H and O–H groups in total. The summed E-state index contributed by atoms with van der Waals surface area (Å²) in [6.07, 6.45) is 4.23. The van der Waals surface area contributed by atoms with E-state index in [4.69, 9.17) is 0 Å². The maximum atomic E-state index is 11.8. The van der Waals surface area contributed by atoms with Crippen LogP contribution in [0.5, 0.6) is 0 Å². The van der Waals surface area contributed by atoms with Crippen molar-refractivity contribution in [3.8, 4) is 0 Å². The molecule has 3 heterocycles. The van der Waals surface area contributed by atoms with Gasteiger partial charge in [0, 0.05) is 37.7 Å². The summed E-state index contributed by atoms with van der Waals surface area (Å²) in [5.41, 5.74) is 5.42. The fraction of sp³-hybridized carbons (Fsp3) is 0.250. The van der Waals surface area contributed by atoms with Gasteiger partial charge in [-0.05, 0) is 23.8 Å². The number of fused-ring (bicyclic) bond motifs is 2. The second-order valence-corrected chi connectivity index (χ2v) is 5.57. The number of carbonyl (C=O) groups excluding carboxylic acids is 1. The van der Waals surface area contributed by atoms with Crippen LogP contribution in [0.25, 0.3) is 0 Å². The number of hydrogen-bond donors (Lipinski definition) is 1. The molecule has 21 heavy (non-hydrogen) atoms. The van der Waals surface area contributed by atoms with Crippen LogP contribution in [0.1, 0.15) is 17.3 Å². The molecule has 5 heteroatoms. The summed E-state index contributed by atoms with van der Waals surface area (Å²) in [6.45, 7) is 0. The predicted octanol–water partition coefficient (Wildman–Crippen LogP) is 2.16. The molecule has 2 aromatic rings. The SMILES string of the molecule is CN1C(=O)Cc2cc3c(cc21)N(C)C(c1cccnc1)N3. The fourth-order valence-electron chi connectivity index (χ4n) is 3.13. The molecule has 1 unspecified atom stereocenters. The van der Waals surface area contributed by atoms with Gasteiger partial charge in [-0.2, -0.15) is 0 Å². The molecule has 2 aliphatic rings. The minimum atomic E-state index is 0.0808. The zero-order chi connectivity index (χ0) is 14.6. The first-order valence-electron chi connectivity index (χ1n) is 6.98. The van der Waals surface area contributed by atoms with E-state index in [2.05, 4.69) is 40.4 Å². The normalized spacial score (nSPS) is 19.5. The van der Waals surface area contributed by atoms with Gasteiger partial charge in [0.15, 0.2) is 0 Å². The number of benzene rings is 1. The first kappa shape index (κ1) is 12.2. The van der Waals surface area contributed by atoms with E-state index < -0.39 is 0 Å². The number of nitrogens with one attached hydrogen (secondary N) is 1. The molecule has 0 aliphatic carbocycles. The Bertz CT molecular complexity index is 729. The number of hydrogen-bond acceptors (Lipinski definition) is 4. The number of likely N-dealkylation sites (N-methyl/N-ethyl adjacent to an activating group) is 1.